The van der Waals surface area contributed by atoms with Crippen LogP contribution in [0.1, 0.15) is 128 Å². The summed E-state index contributed by atoms with van der Waals surface area (Å²) in [5.41, 5.74) is 4.38. The second-order valence-corrected chi connectivity index (χ2v) is 22.6. The summed E-state index contributed by atoms with van der Waals surface area (Å²) >= 11 is 4.61. The summed E-state index contributed by atoms with van der Waals surface area (Å²) < 4.78 is 42.5. The summed E-state index contributed by atoms with van der Waals surface area (Å²) in [5, 5.41) is 2.41. The van der Waals surface area contributed by atoms with Gasteiger partial charge in [-0.1, -0.05) is 149 Å². The van der Waals surface area contributed by atoms with Crippen molar-refractivity contribution in [2.45, 2.75) is 156 Å². The molecule has 15 nitrogen and oxygen atoms in total. The van der Waals surface area contributed by atoms with Gasteiger partial charge in [0.2, 0.25) is 5.78 Å². The molecule has 4 saturated heterocycles. The average Bonchev–Trinajstić information content (AvgIpc) is 4.36. The van der Waals surface area contributed by atoms with E-state index in [0.29, 0.717) is 32.5 Å². The number of halogens is 3. The Bertz CT molecular complexity index is 2580. The standard InChI is InChI=1S/C18H25NO2.C14H17NO3.C11H15NO3S.C11H15N.C5H11.C3H3ClO3.2ClH.Li.Mg/c1-4-18(2,3)16(20)17(21)19-12-8-11-15(19)13-14-9-6-5-7-10-14;1-18-14(17)13(16)15-9-5-8-12(15)10-11-6-3-2-4-7-11;13-16(14,15)12-8-4-7-11(12)9-10-5-2-1-3-6-10;1-2-5-10(6-3-1)9-11-7-4-8-12-11;1-4-5(2)3;1-7-3(6)2(4)5;;;;/h5-7,9-10,15H,4,8,11-13H2,1-3H3;2-4,6-7,12H,5,8-10H2,1H3;1-3,5-6,11H,4,7-9H2,(H,13,14,15);1-3,5-6,11-12H,4,7-9H2;4H2,1-3H3;1H3;2*1H;;/q;;;;-1;;;;+1;+2/p-2/t15-;12-;2*11-;;;;;;/m0000....../s1. The average molecular weight is 1230 g/mol. The second kappa shape index (κ2) is 43.7. The summed E-state index contributed by atoms with van der Waals surface area (Å²) in [5.74, 6) is -1.34. The quantitative estimate of drug-likeness (QED) is 0.0480. The number of amides is 2. The van der Waals surface area contributed by atoms with Crippen molar-refractivity contribution in [3.63, 3.8) is 0 Å². The molecule has 4 aliphatic rings. The fourth-order valence-electron chi connectivity index (χ4n) is 9.29. The Morgan fingerprint density at radius 1 is 0.614 bits per heavy atom. The van der Waals surface area contributed by atoms with Gasteiger partial charge < -0.3 is 47.5 Å². The van der Waals surface area contributed by atoms with E-state index in [1.165, 1.54) is 61.9 Å². The fourth-order valence-corrected chi connectivity index (χ4v) is 10.3. The minimum Gasteiger partial charge on any atom is -1.00 e. The molecule has 4 fully saturated rings. The monoisotopic (exact) mass is 1230 g/mol. The van der Waals surface area contributed by atoms with Crippen LogP contribution in [0, 0.1) is 11.3 Å². The van der Waals surface area contributed by atoms with Crippen LogP contribution in [-0.2, 0) is 74.2 Å². The number of ether oxygens (including phenoxy) is 2. The topological polar surface area (TPSA) is 200 Å². The van der Waals surface area contributed by atoms with Crippen LogP contribution >= 0.6 is 24.0 Å². The van der Waals surface area contributed by atoms with Gasteiger partial charge >= 0.3 is 65.0 Å². The zero-order valence-corrected chi connectivity index (χ0v) is 54.8. The van der Waals surface area contributed by atoms with Crippen LogP contribution in [0.4, 0.5) is 0 Å². The number of rotatable bonds is 14. The van der Waals surface area contributed by atoms with Crippen molar-refractivity contribution < 1.29 is 82.5 Å². The zero-order chi connectivity index (χ0) is 58.4. The van der Waals surface area contributed by atoms with Gasteiger partial charge in [0.15, 0.2) is 10.3 Å². The molecule has 4 heterocycles. The maximum atomic E-state index is 12.5. The number of methoxy groups -OCH3 is 2. The summed E-state index contributed by atoms with van der Waals surface area (Å²) in [6, 6.07) is 41.4. The van der Waals surface area contributed by atoms with Gasteiger partial charge in [0.25, 0.3) is 5.91 Å². The van der Waals surface area contributed by atoms with Crippen molar-refractivity contribution in [3.8, 4) is 0 Å². The Kier molecular flexibility index (Phi) is 42.8. The van der Waals surface area contributed by atoms with Crippen LogP contribution < -0.4 is 36.6 Å². The molecular formula is C62H86Cl3LiMgN4O11S. The number of ketones is 1. The summed E-state index contributed by atoms with van der Waals surface area (Å²) in [6.07, 6.45) is 13.5. The van der Waals surface area contributed by atoms with E-state index < -0.39 is 38.8 Å². The van der Waals surface area contributed by atoms with Crippen molar-refractivity contribution in [1.82, 2.24) is 19.4 Å². The van der Waals surface area contributed by atoms with Crippen LogP contribution in [0.3, 0.4) is 0 Å². The van der Waals surface area contributed by atoms with E-state index in [1.807, 2.05) is 99.6 Å². The number of Topliss-reactive ketones (excluding diaryl/α,β-unsaturated/α-hetero) is 1. The molecule has 83 heavy (non-hydrogen) atoms. The minimum atomic E-state index is -4.29. The van der Waals surface area contributed by atoms with Crippen LogP contribution in [0.2, 0.25) is 0 Å². The fraction of sp³-hybridized carbons (Fsp3) is 0.500. The first kappa shape index (κ1) is 81.2. The van der Waals surface area contributed by atoms with Crippen molar-refractivity contribution in [2.24, 2.45) is 5.41 Å². The molecule has 8 rings (SSSR count). The van der Waals surface area contributed by atoms with E-state index in [4.69, 9.17) is 0 Å². The molecule has 0 unspecified atom stereocenters. The first-order valence-corrected chi connectivity index (χ1v) is 29.3. The van der Waals surface area contributed by atoms with Gasteiger partial charge in [0, 0.05) is 49.2 Å². The number of nitrogens with one attached hydrogen (secondary N) is 1. The number of esters is 2. The van der Waals surface area contributed by atoms with Crippen molar-refractivity contribution in [1.29, 1.82) is 0 Å². The third-order valence-electron chi connectivity index (χ3n) is 14.4. The van der Waals surface area contributed by atoms with Gasteiger partial charge in [-0.25, -0.2) is 22.3 Å². The first-order chi connectivity index (χ1) is 37.6. The Morgan fingerprint density at radius 3 is 1.30 bits per heavy atom. The molecule has 0 aliphatic carbocycles. The summed E-state index contributed by atoms with van der Waals surface area (Å²) in [6.45, 7) is 15.0. The molecule has 450 valence electrons. The van der Waals surface area contributed by atoms with E-state index in [-0.39, 0.29) is 96.5 Å². The Labute approximate surface area is 540 Å². The smallest absolute Gasteiger partial charge is 1.00 e. The molecule has 4 aromatic carbocycles. The number of benzene rings is 4. The predicted octanol–water partition coefficient (Wildman–Crippen LogP) is 3.74. The number of carbonyl (C=O) groups is 6. The molecule has 0 spiro atoms. The number of nitrogens with zero attached hydrogens (tertiary/aromatic N) is 3. The molecule has 21 heteroatoms. The molecule has 4 atom stereocenters. The van der Waals surface area contributed by atoms with Gasteiger partial charge in [-0.15, -0.1) is 12.4 Å². The molecule has 4 aliphatic heterocycles. The van der Waals surface area contributed by atoms with Gasteiger partial charge in [-0.05, 0) is 124 Å². The molecule has 0 radical (unpaired) electrons. The van der Waals surface area contributed by atoms with Gasteiger partial charge in [-0.3, -0.25) is 19.2 Å². The van der Waals surface area contributed by atoms with E-state index in [1.54, 1.807) is 9.80 Å². The number of hydrogen-bond acceptors (Lipinski definition) is 12. The number of hydrogen-bond donors (Lipinski definition) is 1. The molecule has 0 saturated carbocycles. The van der Waals surface area contributed by atoms with Crippen LogP contribution in [0.25, 0.3) is 0 Å². The minimum absolute atomic E-state index is 0. The maximum Gasteiger partial charge on any atom is 2.00 e. The zero-order valence-electron chi connectivity index (χ0n) is 50.2. The number of carbonyl (C=O) groups excluding carboxylic acids is 6. The Hall–Kier alpha value is -3.84. The third kappa shape index (κ3) is 30.4. The summed E-state index contributed by atoms with van der Waals surface area (Å²) in [7, 11) is -1.96. The first-order valence-electron chi connectivity index (χ1n) is 27.6. The van der Waals surface area contributed by atoms with E-state index in [2.05, 4.69) is 89.6 Å². The summed E-state index contributed by atoms with van der Waals surface area (Å²) in [4.78, 5) is 70.9. The largest absolute Gasteiger partial charge is 2.00 e. The molecule has 0 aromatic heterocycles. The maximum absolute atomic E-state index is 12.5. The second-order valence-electron chi connectivity index (χ2n) is 20.9. The van der Waals surface area contributed by atoms with E-state index >= 15 is 0 Å². The van der Waals surface area contributed by atoms with Crippen molar-refractivity contribution >= 4 is 92.1 Å². The van der Waals surface area contributed by atoms with E-state index in [9.17, 15) is 41.7 Å². The molecular weight excluding hydrogens is 1150 g/mol. The van der Waals surface area contributed by atoms with Crippen LogP contribution in [0.5, 0.6) is 0 Å². The normalized spacial score (nSPS) is 17.7. The number of likely N-dealkylation sites (tertiary alicyclic amines) is 2. The third-order valence-corrected chi connectivity index (χ3v) is 15.6. The molecule has 1 N–H and O–H groups in total. The van der Waals surface area contributed by atoms with Gasteiger partial charge in [0.05, 0.1) is 14.2 Å². The molecule has 2 amide bonds. The molecule has 0 bridgehead atoms. The Morgan fingerprint density at radius 2 is 0.976 bits per heavy atom. The van der Waals surface area contributed by atoms with Gasteiger partial charge in [0.1, 0.15) is 0 Å². The van der Waals surface area contributed by atoms with Gasteiger partial charge in [-0.2, -0.15) is 20.3 Å². The van der Waals surface area contributed by atoms with Crippen molar-refractivity contribution in [3.05, 3.63) is 149 Å². The SMILES string of the molecule is CCC(C)(C)C(=O)C(=O)N1CCC[C@H]1Cc1ccccc1.CC[C-](C)C.COC(=O)C(=O)Cl.COC(=O)C(=O)N1CCC[C@H]1Cc1ccccc1.Cl.O=S(=O)([O-])N1CCC[C@H]1Cc1ccccc1.[Cl-].[Li+].[Mg+2].c1ccc(C[C@@H]2CCCN2)cc1. The van der Waals surface area contributed by atoms with E-state index in [0.717, 1.165) is 74.4 Å². The van der Waals surface area contributed by atoms with Crippen LogP contribution in [0.15, 0.2) is 121 Å². The van der Waals surface area contributed by atoms with Crippen LogP contribution in [-0.4, -0.2) is 149 Å². The van der Waals surface area contributed by atoms with Crippen molar-refractivity contribution in [2.75, 3.05) is 40.4 Å². The predicted molar refractivity (Wildman–Crippen MR) is 322 cm³/mol. The Balaban J connectivity index is 0. The molecule has 4 aromatic rings.